The monoisotopic (exact) mass is 470 g/mol. The molecule has 33 heavy (non-hydrogen) atoms. The van der Waals surface area contributed by atoms with Crippen molar-refractivity contribution >= 4 is 55.5 Å². The molecule has 3 aromatic carbocycles. The molecule has 0 saturated heterocycles. The average Bonchev–Trinajstić information content (AvgIpc) is 3.47. The molecule has 0 aliphatic rings. The van der Waals surface area contributed by atoms with Gasteiger partial charge in [-0.2, -0.15) is 0 Å². The molecule has 0 fully saturated rings. The van der Waals surface area contributed by atoms with Crippen molar-refractivity contribution in [3.63, 3.8) is 0 Å². The summed E-state index contributed by atoms with van der Waals surface area (Å²) in [5.74, 6) is -0.604. The Balaban J connectivity index is 1.25. The van der Waals surface area contributed by atoms with E-state index in [0.717, 1.165) is 20.8 Å². The molecule has 0 bridgehead atoms. The zero-order valence-electron chi connectivity index (χ0n) is 17.5. The molecular weight excluding hydrogens is 452 g/mol. The smallest absolute Gasteiger partial charge is 0.275 e. The third-order valence-electron chi connectivity index (χ3n) is 4.93. The lowest BCUT2D eigenvalue weighted by molar-refractivity contribution is 0.101. The molecule has 5 aromatic rings. The van der Waals surface area contributed by atoms with E-state index in [1.165, 1.54) is 16.9 Å². The summed E-state index contributed by atoms with van der Waals surface area (Å²) in [6, 6.07) is 22.6. The number of nitrogens with one attached hydrogen (secondary N) is 2. The van der Waals surface area contributed by atoms with E-state index in [9.17, 15) is 9.59 Å². The van der Waals surface area contributed by atoms with E-state index in [1.54, 1.807) is 41.0 Å². The Morgan fingerprint density at radius 2 is 1.64 bits per heavy atom. The number of hydrogen-bond acceptors (Lipinski definition) is 6. The Morgan fingerprint density at radius 1 is 0.848 bits per heavy atom. The largest absolute Gasteiger partial charge is 0.321 e. The highest BCUT2D eigenvalue weighted by Crippen LogP contribution is 2.31. The van der Waals surface area contributed by atoms with Gasteiger partial charge in [0.15, 0.2) is 5.13 Å². The maximum atomic E-state index is 12.6. The minimum Gasteiger partial charge on any atom is -0.321 e. The van der Waals surface area contributed by atoms with Crippen molar-refractivity contribution in [3.05, 3.63) is 95.0 Å². The molecule has 0 atom stereocenters. The lowest BCUT2D eigenvalue weighted by Gasteiger charge is -2.04. The summed E-state index contributed by atoms with van der Waals surface area (Å²) in [6.45, 7) is 2.07. The third kappa shape index (κ3) is 4.67. The quantitative estimate of drug-likeness (QED) is 0.319. The van der Waals surface area contributed by atoms with Crippen LogP contribution >= 0.6 is 22.7 Å². The number of thiazole rings is 2. The Bertz CT molecular complexity index is 1460. The molecule has 162 valence electrons. The van der Waals surface area contributed by atoms with Gasteiger partial charge in [0, 0.05) is 22.2 Å². The number of amides is 2. The fourth-order valence-corrected chi connectivity index (χ4v) is 5.00. The van der Waals surface area contributed by atoms with E-state index in [1.807, 2.05) is 36.4 Å². The molecular formula is C25H18N4O2S2. The fourth-order valence-electron chi connectivity index (χ4n) is 3.24. The van der Waals surface area contributed by atoms with Gasteiger partial charge in [0.1, 0.15) is 10.7 Å². The van der Waals surface area contributed by atoms with Crippen LogP contribution in [0, 0.1) is 6.92 Å². The van der Waals surface area contributed by atoms with Gasteiger partial charge in [0.2, 0.25) is 0 Å². The number of hydrogen-bond donors (Lipinski definition) is 2. The van der Waals surface area contributed by atoms with Gasteiger partial charge in [0.25, 0.3) is 11.8 Å². The molecule has 5 rings (SSSR count). The molecule has 6 nitrogen and oxygen atoms in total. The van der Waals surface area contributed by atoms with Gasteiger partial charge in [-0.05, 0) is 61.0 Å². The van der Waals surface area contributed by atoms with Gasteiger partial charge in [-0.15, -0.1) is 22.7 Å². The molecule has 2 aromatic heterocycles. The Hall–Kier alpha value is -3.88. The molecule has 0 radical (unpaired) electrons. The molecule has 0 aliphatic heterocycles. The van der Waals surface area contributed by atoms with Gasteiger partial charge in [0.05, 0.1) is 10.2 Å². The SMILES string of the molecule is Cc1ccc2nc(-c3ccc(NC(=O)c4csc(NC(=O)c5ccccc5)n4)cc3)sc2c1. The number of rotatable bonds is 5. The zero-order chi connectivity index (χ0) is 22.8. The topological polar surface area (TPSA) is 84.0 Å². The van der Waals surface area contributed by atoms with Crippen molar-refractivity contribution in [2.24, 2.45) is 0 Å². The first kappa shape index (κ1) is 21.0. The van der Waals surface area contributed by atoms with Gasteiger partial charge in [-0.3, -0.25) is 14.9 Å². The van der Waals surface area contributed by atoms with Gasteiger partial charge in [-0.25, -0.2) is 9.97 Å². The minimum absolute atomic E-state index is 0.244. The summed E-state index contributed by atoms with van der Waals surface area (Å²) < 4.78 is 1.15. The summed E-state index contributed by atoms with van der Waals surface area (Å²) in [5.41, 5.74) is 4.61. The van der Waals surface area contributed by atoms with E-state index >= 15 is 0 Å². The minimum atomic E-state index is -0.338. The van der Waals surface area contributed by atoms with E-state index in [4.69, 9.17) is 4.98 Å². The predicted octanol–water partition coefficient (Wildman–Crippen LogP) is 6.23. The summed E-state index contributed by atoms with van der Waals surface area (Å²) in [5, 5.41) is 8.49. The highest BCUT2D eigenvalue weighted by molar-refractivity contribution is 7.21. The number of carbonyl (C=O) groups is 2. The number of carbonyl (C=O) groups excluding carboxylic acids is 2. The van der Waals surface area contributed by atoms with E-state index in [2.05, 4.69) is 34.7 Å². The second kappa shape index (κ2) is 8.93. The Morgan fingerprint density at radius 3 is 2.42 bits per heavy atom. The van der Waals surface area contributed by atoms with Crippen LogP contribution in [-0.2, 0) is 0 Å². The summed E-state index contributed by atoms with van der Waals surface area (Å²) in [6.07, 6.45) is 0. The van der Waals surface area contributed by atoms with Crippen LogP contribution in [0.1, 0.15) is 26.4 Å². The van der Waals surface area contributed by atoms with Crippen LogP contribution in [0.3, 0.4) is 0 Å². The fraction of sp³-hybridized carbons (Fsp3) is 0.0400. The maximum absolute atomic E-state index is 12.6. The summed E-state index contributed by atoms with van der Waals surface area (Å²) in [4.78, 5) is 33.8. The lowest BCUT2D eigenvalue weighted by atomic mass is 10.2. The summed E-state index contributed by atoms with van der Waals surface area (Å²) in [7, 11) is 0. The Labute approximate surface area is 198 Å². The number of anilines is 2. The van der Waals surface area contributed by atoms with E-state index < -0.39 is 0 Å². The Kier molecular flexibility index (Phi) is 5.68. The molecule has 2 heterocycles. The van der Waals surface area contributed by atoms with Crippen molar-refractivity contribution in [1.29, 1.82) is 0 Å². The van der Waals surface area contributed by atoms with Gasteiger partial charge in [-0.1, -0.05) is 24.3 Å². The second-order valence-electron chi connectivity index (χ2n) is 7.38. The highest BCUT2D eigenvalue weighted by atomic mass is 32.1. The zero-order valence-corrected chi connectivity index (χ0v) is 19.2. The first-order valence-electron chi connectivity index (χ1n) is 10.2. The van der Waals surface area contributed by atoms with Crippen molar-refractivity contribution < 1.29 is 9.59 Å². The van der Waals surface area contributed by atoms with Crippen LogP contribution in [0.4, 0.5) is 10.8 Å². The van der Waals surface area contributed by atoms with Gasteiger partial charge >= 0.3 is 0 Å². The second-order valence-corrected chi connectivity index (χ2v) is 9.27. The van der Waals surface area contributed by atoms with Crippen molar-refractivity contribution in [1.82, 2.24) is 9.97 Å². The standard InChI is InChI=1S/C25H18N4O2S2/c1-15-7-12-19-21(13-15)33-24(27-19)17-8-10-18(11-9-17)26-23(31)20-14-32-25(28-20)29-22(30)16-5-3-2-4-6-16/h2-14H,1H3,(H,26,31)(H,28,29,30). The van der Waals surface area contributed by atoms with E-state index in [-0.39, 0.29) is 17.5 Å². The number of fused-ring (bicyclic) bond motifs is 1. The molecule has 2 amide bonds. The first-order chi connectivity index (χ1) is 16.0. The molecule has 8 heteroatoms. The maximum Gasteiger partial charge on any atom is 0.275 e. The lowest BCUT2D eigenvalue weighted by Crippen LogP contribution is -2.14. The van der Waals surface area contributed by atoms with Crippen LogP contribution in [-0.4, -0.2) is 21.8 Å². The van der Waals surface area contributed by atoms with Crippen molar-refractivity contribution in [3.8, 4) is 10.6 Å². The normalized spacial score (nSPS) is 10.8. The van der Waals surface area contributed by atoms with Crippen molar-refractivity contribution in [2.45, 2.75) is 6.92 Å². The van der Waals surface area contributed by atoms with E-state index in [0.29, 0.717) is 16.4 Å². The van der Waals surface area contributed by atoms with Crippen molar-refractivity contribution in [2.75, 3.05) is 10.6 Å². The van der Waals surface area contributed by atoms with Crippen LogP contribution in [0.25, 0.3) is 20.8 Å². The number of aromatic nitrogens is 2. The molecule has 2 N–H and O–H groups in total. The number of nitrogens with zero attached hydrogens (tertiary/aromatic N) is 2. The third-order valence-corrected chi connectivity index (χ3v) is 6.75. The van der Waals surface area contributed by atoms with Crippen LogP contribution < -0.4 is 10.6 Å². The first-order valence-corrected chi connectivity index (χ1v) is 11.9. The summed E-state index contributed by atoms with van der Waals surface area (Å²) >= 11 is 2.85. The molecule has 0 saturated carbocycles. The number of aryl methyl sites for hydroxylation is 1. The highest BCUT2D eigenvalue weighted by Gasteiger charge is 2.14. The van der Waals surface area contributed by atoms with Crippen LogP contribution in [0.2, 0.25) is 0 Å². The van der Waals surface area contributed by atoms with Crippen LogP contribution in [0.15, 0.2) is 78.2 Å². The average molecular weight is 471 g/mol. The van der Waals surface area contributed by atoms with Crippen LogP contribution in [0.5, 0.6) is 0 Å². The molecule has 0 aliphatic carbocycles. The molecule has 0 unspecified atom stereocenters. The number of benzene rings is 3. The van der Waals surface area contributed by atoms with Gasteiger partial charge < -0.3 is 5.32 Å². The predicted molar refractivity (Wildman–Crippen MR) is 134 cm³/mol. The molecule has 0 spiro atoms.